The third-order valence-corrected chi connectivity index (χ3v) is 17.1. The Morgan fingerprint density at radius 1 is 0.621 bits per heavy atom. The molecule has 0 saturated heterocycles. The van der Waals surface area contributed by atoms with E-state index in [9.17, 15) is 0 Å². The summed E-state index contributed by atoms with van der Waals surface area (Å²) >= 11 is 0. The zero-order valence-electron chi connectivity index (χ0n) is 18.7. The lowest BCUT2D eigenvalue weighted by atomic mass is 10.2. The van der Waals surface area contributed by atoms with Crippen molar-refractivity contribution in [3.05, 3.63) is 91.0 Å². The molecule has 0 nitrogen and oxygen atoms in total. The molecule has 0 saturated carbocycles. The van der Waals surface area contributed by atoms with Crippen LogP contribution >= 0.6 is 7.26 Å². The first-order valence-corrected chi connectivity index (χ1v) is 16.0. The first-order valence-electron chi connectivity index (χ1n) is 10.8. The molecule has 29 heavy (non-hydrogen) atoms. The summed E-state index contributed by atoms with van der Waals surface area (Å²) in [5.41, 5.74) is 0. The molecular formula is C27H36PSi+. The van der Waals surface area contributed by atoms with E-state index in [1.165, 1.54) is 34.5 Å². The van der Waals surface area contributed by atoms with Gasteiger partial charge in [0.15, 0.2) is 0 Å². The van der Waals surface area contributed by atoms with Crippen LogP contribution in [0.1, 0.15) is 27.2 Å². The van der Waals surface area contributed by atoms with Crippen molar-refractivity contribution in [2.75, 3.05) is 6.16 Å². The minimum absolute atomic E-state index is 0.445. The van der Waals surface area contributed by atoms with E-state index in [1.807, 2.05) is 0 Å². The van der Waals surface area contributed by atoms with Gasteiger partial charge in [-0.05, 0) is 47.9 Å². The number of benzene rings is 3. The topological polar surface area (TPSA) is 0 Å². The van der Waals surface area contributed by atoms with Crippen LogP contribution in [0.5, 0.6) is 0 Å². The first-order chi connectivity index (χ1) is 13.8. The van der Waals surface area contributed by atoms with Crippen molar-refractivity contribution in [2.24, 2.45) is 0 Å². The zero-order valence-corrected chi connectivity index (χ0v) is 20.6. The monoisotopic (exact) mass is 419 g/mol. The molecule has 0 amide bonds. The molecule has 0 unspecified atom stereocenters. The van der Waals surface area contributed by atoms with Gasteiger partial charge in [-0.15, -0.1) is 0 Å². The predicted molar refractivity (Wildman–Crippen MR) is 137 cm³/mol. The van der Waals surface area contributed by atoms with Gasteiger partial charge in [0.1, 0.15) is 23.2 Å². The molecule has 0 aliphatic rings. The van der Waals surface area contributed by atoms with Gasteiger partial charge in [-0.3, -0.25) is 0 Å². The molecule has 0 aliphatic carbocycles. The van der Waals surface area contributed by atoms with Gasteiger partial charge in [0.05, 0.1) is 14.2 Å². The standard InChI is InChI=1S/C27H36PSi/c1-27(2,3)29(4,5)23-15-22-28(24-16-9-6-10-17-24,25-18-11-7-12-19-25)26-20-13-8-14-21-26/h6-14,16-21H,15,22-23H2,1-5H3/q+1. The zero-order chi connectivity index (χ0) is 21.0. The third kappa shape index (κ3) is 4.73. The molecule has 152 valence electrons. The van der Waals surface area contributed by atoms with E-state index in [1.54, 1.807) is 0 Å². The minimum Gasteiger partial charge on any atom is -0.0690 e. The lowest BCUT2D eigenvalue weighted by Gasteiger charge is -2.37. The molecule has 0 aliphatic heterocycles. The summed E-state index contributed by atoms with van der Waals surface area (Å²) < 4.78 is 0. The van der Waals surface area contributed by atoms with Crippen LogP contribution in [0, 0.1) is 0 Å². The van der Waals surface area contributed by atoms with Crippen molar-refractivity contribution < 1.29 is 0 Å². The largest absolute Gasteiger partial charge is 0.112 e. The van der Waals surface area contributed by atoms with Gasteiger partial charge < -0.3 is 0 Å². The van der Waals surface area contributed by atoms with Crippen LogP contribution < -0.4 is 15.9 Å². The maximum atomic E-state index is 2.57. The van der Waals surface area contributed by atoms with Gasteiger partial charge in [0.25, 0.3) is 0 Å². The molecule has 0 atom stereocenters. The van der Waals surface area contributed by atoms with Crippen LogP contribution in [0.4, 0.5) is 0 Å². The van der Waals surface area contributed by atoms with Crippen molar-refractivity contribution in [3.63, 3.8) is 0 Å². The fourth-order valence-electron chi connectivity index (χ4n) is 4.02. The molecule has 0 heterocycles. The highest BCUT2D eigenvalue weighted by Gasteiger charge is 2.45. The van der Waals surface area contributed by atoms with Crippen LogP contribution in [0.3, 0.4) is 0 Å². The lowest BCUT2D eigenvalue weighted by Crippen LogP contribution is -2.38. The summed E-state index contributed by atoms with van der Waals surface area (Å²) in [5, 5.41) is 4.97. The Balaban J connectivity index is 2.08. The molecule has 3 aromatic carbocycles. The van der Waals surface area contributed by atoms with Crippen molar-refractivity contribution in [1.82, 2.24) is 0 Å². The Kier molecular flexibility index (Phi) is 6.82. The number of hydrogen-bond acceptors (Lipinski definition) is 0. The molecule has 3 aromatic rings. The molecule has 0 aromatic heterocycles. The van der Waals surface area contributed by atoms with Gasteiger partial charge >= 0.3 is 0 Å². The van der Waals surface area contributed by atoms with Crippen molar-refractivity contribution in [1.29, 1.82) is 0 Å². The van der Waals surface area contributed by atoms with Gasteiger partial charge in [-0.1, -0.05) is 94.5 Å². The SMILES string of the molecule is CC(C)(C)[Si](C)(C)CCC[P+](c1ccccc1)(c1ccccc1)c1ccccc1. The highest BCUT2D eigenvalue weighted by atomic mass is 31.2. The van der Waals surface area contributed by atoms with Crippen molar-refractivity contribution in [2.45, 2.75) is 51.4 Å². The van der Waals surface area contributed by atoms with Crippen LogP contribution in [0.2, 0.25) is 24.2 Å². The Morgan fingerprint density at radius 3 is 1.28 bits per heavy atom. The number of hydrogen-bond donors (Lipinski definition) is 0. The van der Waals surface area contributed by atoms with E-state index in [-0.39, 0.29) is 0 Å². The van der Waals surface area contributed by atoms with Crippen LogP contribution in [-0.2, 0) is 0 Å². The van der Waals surface area contributed by atoms with Crippen molar-refractivity contribution >= 4 is 31.2 Å². The molecular weight excluding hydrogens is 383 g/mol. The Hall–Kier alpha value is -1.69. The van der Waals surface area contributed by atoms with Crippen LogP contribution in [-0.4, -0.2) is 14.2 Å². The molecule has 0 fully saturated rings. The second-order valence-corrected chi connectivity index (χ2v) is 19.2. The summed E-state index contributed by atoms with van der Waals surface area (Å²) in [6.07, 6.45) is 2.54. The quantitative estimate of drug-likeness (QED) is 0.289. The predicted octanol–water partition coefficient (Wildman–Crippen LogP) is 6.88. The smallest absolute Gasteiger partial charge is 0.0690 e. The van der Waals surface area contributed by atoms with Crippen LogP contribution in [0.15, 0.2) is 91.0 Å². The summed E-state index contributed by atoms with van der Waals surface area (Å²) in [6, 6.07) is 35.2. The maximum absolute atomic E-state index is 2.57. The maximum Gasteiger partial charge on any atom is 0.112 e. The highest BCUT2D eigenvalue weighted by molar-refractivity contribution is 7.95. The average Bonchev–Trinajstić information content (AvgIpc) is 2.72. The van der Waals surface area contributed by atoms with Gasteiger partial charge in [-0.25, -0.2) is 0 Å². The third-order valence-electron chi connectivity index (χ3n) is 6.92. The average molecular weight is 420 g/mol. The fourth-order valence-corrected chi connectivity index (χ4v) is 10.5. The van der Waals surface area contributed by atoms with Gasteiger partial charge in [-0.2, -0.15) is 0 Å². The van der Waals surface area contributed by atoms with E-state index in [0.717, 1.165) is 0 Å². The molecule has 0 N–H and O–H groups in total. The number of rotatable bonds is 7. The fraction of sp³-hybridized carbons (Fsp3) is 0.333. The summed E-state index contributed by atoms with van der Waals surface area (Å²) in [4.78, 5) is 0. The molecule has 0 bridgehead atoms. The first kappa shape index (κ1) is 22.0. The highest BCUT2D eigenvalue weighted by Crippen LogP contribution is 2.56. The summed E-state index contributed by atoms with van der Waals surface area (Å²) in [6.45, 7) is 12.5. The summed E-state index contributed by atoms with van der Waals surface area (Å²) in [7, 11) is -2.96. The molecule has 0 spiro atoms. The minimum atomic E-state index is -1.67. The second-order valence-electron chi connectivity index (χ2n) is 9.78. The summed E-state index contributed by atoms with van der Waals surface area (Å²) in [5.74, 6) is 0. The van der Waals surface area contributed by atoms with E-state index < -0.39 is 15.3 Å². The van der Waals surface area contributed by atoms with Crippen LogP contribution in [0.25, 0.3) is 0 Å². The van der Waals surface area contributed by atoms with E-state index in [2.05, 4.69) is 125 Å². The van der Waals surface area contributed by atoms with Crippen molar-refractivity contribution in [3.8, 4) is 0 Å². The molecule has 0 radical (unpaired) electrons. The molecule has 2 heteroatoms. The Labute approximate surface area is 179 Å². The lowest BCUT2D eigenvalue weighted by molar-refractivity contribution is 0.710. The second kappa shape index (κ2) is 8.98. The normalized spacial score (nSPS) is 12.7. The Bertz CT molecular complexity index is 783. The van der Waals surface area contributed by atoms with E-state index >= 15 is 0 Å². The van der Waals surface area contributed by atoms with Gasteiger partial charge in [0, 0.05) is 0 Å². The Morgan fingerprint density at radius 2 is 0.966 bits per heavy atom. The van der Waals surface area contributed by atoms with E-state index in [4.69, 9.17) is 0 Å². The van der Waals surface area contributed by atoms with Gasteiger partial charge in [0.2, 0.25) is 0 Å². The molecule has 3 rings (SSSR count). The van der Waals surface area contributed by atoms with E-state index in [0.29, 0.717) is 5.04 Å².